The summed E-state index contributed by atoms with van der Waals surface area (Å²) in [4.78, 5) is 15.0. The normalized spacial score (nSPS) is 15.3. The molecule has 0 aliphatic heterocycles. The molecule has 0 radical (unpaired) electrons. The predicted molar refractivity (Wildman–Crippen MR) is 114 cm³/mol. The van der Waals surface area contributed by atoms with Crippen LogP contribution in [0.4, 0.5) is 5.69 Å². The summed E-state index contributed by atoms with van der Waals surface area (Å²) in [6.07, 6.45) is 5.50. The number of carbonyl (C=O) groups excluding carboxylic acids is 1. The van der Waals surface area contributed by atoms with E-state index in [1.807, 2.05) is 29.2 Å². The Kier molecular flexibility index (Phi) is 6.39. The lowest BCUT2D eigenvalue weighted by molar-refractivity contribution is -0.114. The van der Waals surface area contributed by atoms with Crippen LogP contribution >= 0.6 is 0 Å². The molecule has 6 nitrogen and oxygen atoms in total. The van der Waals surface area contributed by atoms with Crippen molar-refractivity contribution in [2.24, 2.45) is 5.92 Å². The first-order valence-corrected chi connectivity index (χ1v) is 11.0. The lowest BCUT2D eigenvalue weighted by atomic mass is 10.1. The van der Waals surface area contributed by atoms with Crippen LogP contribution in [0.2, 0.25) is 0 Å². The van der Waals surface area contributed by atoms with Crippen molar-refractivity contribution in [3.05, 3.63) is 60.2 Å². The first-order chi connectivity index (χ1) is 13.9. The SMILES string of the molecule is CNS(=O)(=O)c1ccc(/C=C/C(=O)N(c2ccc(OC)cc2)C(C)C2CC2)cc1. The zero-order chi connectivity index (χ0) is 21.0. The van der Waals surface area contributed by atoms with Gasteiger partial charge in [0.2, 0.25) is 10.0 Å². The fourth-order valence-corrected chi connectivity index (χ4v) is 3.95. The third-order valence-corrected chi connectivity index (χ3v) is 6.61. The van der Waals surface area contributed by atoms with Gasteiger partial charge in [-0.05, 0) is 80.8 Å². The zero-order valence-corrected chi connectivity index (χ0v) is 17.6. The molecule has 1 unspecified atom stereocenters. The molecular weight excluding hydrogens is 388 g/mol. The molecule has 1 atom stereocenters. The molecule has 1 aliphatic carbocycles. The van der Waals surface area contributed by atoms with Crippen molar-refractivity contribution >= 4 is 27.7 Å². The van der Waals surface area contributed by atoms with E-state index in [1.165, 1.54) is 25.3 Å². The second-order valence-electron chi connectivity index (χ2n) is 7.09. The monoisotopic (exact) mass is 414 g/mol. The van der Waals surface area contributed by atoms with Crippen LogP contribution in [0.1, 0.15) is 25.3 Å². The number of rotatable bonds is 8. The fourth-order valence-electron chi connectivity index (χ4n) is 3.22. The Morgan fingerprint density at radius 2 is 1.76 bits per heavy atom. The minimum atomic E-state index is -3.47. The van der Waals surface area contributed by atoms with E-state index in [0.29, 0.717) is 5.92 Å². The Bertz CT molecular complexity index is 978. The van der Waals surface area contributed by atoms with Gasteiger partial charge in [-0.1, -0.05) is 12.1 Å². The van der Waals surface area contributed by atoms with Crippen LogP contribution in [-0.4, -0.2) is 34.5 Å². The number of nitrogens with one attached hydrogen (secondary N) is 1. The molecule has 0 bridgehead atoms. The van der Waals surface area contributed by atoms with Crippen molar-refractivity contribution in [3.8, 4) is 5.75 Å². The minimum Gasteiger partial charge on any atom is -0.497 e. The Hall–Kier alpha value is -2.64. The lowest BCUT2D eigenvalue weighted by Gasteiger charge is -2.28. The molecule has 3 rings (SSSR count). The number of methoxy groups -OCH3 is 1. The van der Waals surface area contributed by atoms with Crippen LogP contribution in [0, 0.1) is 5.92 Å². The molecule has 1 fully saturated rings. The van der Waals surface area contributed by atoms with E-state index >= 15 is 0 Å². The van der Waals surface area contributed by atoms with Crippen LogP contribution < -0.4 is 14.4 Å². The van der Waals surface area contributed by atoms with Crippen LogP contribution in [0.5, 0.6) is 5.75 Å². The summed E-state index contributed by atoms with van der Waals surface area (Å²) in [5.41, 5.74) is 1.58. The lowest BCUT2D eigenvalue weighted by Crippen LogP contribution is -2.39. The van der Waals surface area contributed by atoms with E-state index < -0.39 is 10.0 Å². The van der Waals surface area contributed by atoms with Gasteiger partial charge in [0.1, 0.15) is 5.75 Å². The van der Waals surface area contributed by atoms with E-state index in [2.05, 4.69) is 11.6 Å². The molecule has 0 heterocycles. The van der Waals surface area contributed by atoms with Crippen molar-refractivity contribution < 1.29 is 17.9 Å². The average Bonchev–Trinajstić information content (AvgIpc) is 3.58. The highest BCUT2D eigenvalue weighted by atomic mass is 32.2. The van der Waals surface area contributed by atoms with Gasteiger partial charge in [-0.2, -0.15) is 0 Å². The maximum atomic E-state index is 13.0. The summed E-state index contributed by atoms with van der Waals surface area (Å²) in [7, 11) is -0.492. The van der Waals surface area contributed by atoms with E-state index in [-0.39, 0.29) is 16.8 Å². The summed E-state index contributed by atoms with van der Waals surface area (Å²) >= 11 is 0. The van der Waals surface area contributed by atoms with Crippen molar-refractivity contribution in [1.29, 1.82) is 0 Å². The predicted octanol–water partition coefficient (Wildman–Crippen LogP) is 3.45. The standard InChI is InChI=1S/C22H26N2O4S/c1-16(18-7-8-18)24(19-9-11-20(28-3)12-10-19)22(25)15-6-17-4-13-21(14-5-17)29(26,27)23-2/h4-6,9-16,18,23H,7-8H2,1-3H3/b15-6+. The van der Waals surface area contributed by atoms with E-state index in [0.717, 1.165) is 29.8 Å². The van der Waals surface area contributed by atoms with E-state index in [1.54, 1.807) is 25.3 Å². The molecule has 29 heavy (non-hydrogen) atoms. The van der Waals surface area contributed by atoms with Gasteiger partial charge in [0.15, 0.2) is 0 Å². The maximum Gasteiger partial charge on any atom is 0.251 e. The minimum absolute atomic E-state index is 0.101. The third-order valence-electron chi connectivity index (χ3n) is 5.18. The topological polar surface area (TPSA) is 75.7 Å². The molecule has 0 aromatic heterocycles. The maximum absolute atomic E-state index is 13.0. The van der Waals surface area contributed by atoms with Crippen molar-refractivity contribution in [1.82, 2.24) is 4.72 Å². The highest BCUT2D eigenvalue weighted by Crippen LogP contribution is 2.37. The van der Waals surface area contributed by atoms with Gasteiger partial charge in [0, 0.05) is 17.8 Å². The van der Waals surface area contributed by atoms with E-state index in [4.69, 9.17) is 4.74 Å². The number of amides is 1. The molecular formula is C22H26N2O4S. The average molecular weight is 415 g/mol. The van der Waals surface area contributed by atoms with Crippen LogP contribution in [0.15, 0.2) is 59.5 Å². The number of hydrogen-bond donors (Lipinski definition) is 1. The number of hydrogen-bond acceptors (Lipinski definition) is 4. The van der Waals surface area contributed by atoms with Crippen LogP contribution in [-0.2, 0) is 14.8 Å². The zero-order valence-electron chi connectivity index (χ0n) is 16.8. The Morgan fingerprint density at radius 1 is 1.14 bits per heavy atom. The summed E-state index contributed by atoms with van der Waals surface area (Å²) in [5, 5.41) is 0. The van der Waals surface area contributed by atoms with Gasteiger partial charge in [-0.3, -0.25) is 4.79 Å². The van der Waals surface area contributed by atoms with Crippen molar-refractivity contribution in [2.75, 3.05) is 19.1 Å². The number of carbonyl (C=O) groups is 1. The molecule has 7 heteroatoms. The molecule has 0 saturated heterocycles. The van der Waals surface area contributed by atoms with Gasteiger partial charge in [-0.15, -0.1) is 0 Å². The summed E-state index contributed by atoms with van der Waals surface area (Å²) in [6.45, 7) is 2.07. The second-order valence-corrected chi connectivity index (χ2v) is 8.98. The Labute approximate surface area is 172 Å². The molecule has 1 saturated carbocycles. The van der Waals surface area contributed by atoms with Gasteiger partial charge in [0.05, 0.1) is 12.0 Å². The highest BCUT2D eigenvalue weighted by Gasteiger charge is 2.34. The summed E-state index contributed by atoms with van der Waals surface area (Å²) in [6, 6.07) is 14.0. The van der Waals surface area contributed by atoms with Crippen molar-refractivity contribution in [3.63, 3.8) is 0 Å². The third kappa shape index (κ3) is 5.05. The highest BCUT2D eigenvalue weighted by molar-refractivity contribution is 7.89. The van der Waals surface area contributed by atoms with Crippen molar-refractivity contribution in [2.45, 2.75) is 30.7 Å². The molecule has 0 spiro atoms. The van der Waals surface area contributed by atoms with Gasteiger partial charge < -0.3 is 9.64 Å². The molecule has 1 aliphatic rings. The summed E-state index contributed by atoms with van der Waals surface area (Å²) < 4.78 is 31.1. The summed E-state index contributed by atoms with van der Waals surface area (Å²) in [5.74, 6) is 1.15. The van der Waals surface area contributed by atoms with Crippen LogP contribution in [0.3, 0.4) is 0 Å². The number of sulfonamides is 1. The first-order valence-electron chi connectivity index (χ1n) is 9.54. The molecule has 2 aromatic carbocycles. The smallest absolute Gasteiger partial charge is 0.251 e. The van der Waals surface area contributed by atoms with Gasteiger partial charge in [-0.25, -0.2) is 13.1 Å². The molecule has 1 N–H and O–H groups in total. The van der Waals surface area contributed by atoms with Crippen LogP contribution in [0.25, 0.3) is 6.08 Å². The van der Waals surface area contributed by atoms with Gasteiger partial charge in [0.25, 0.3) is 5.91 Å². The Balaban J connectivity index is 1.80. The number of ether oxygens (including phenoxy) is 1. The quantitative estimate of drug-likeness (QED) is 0.672. The van der Waals surface area contributed by atoms with Gasteiger partial charge >= 0.3 is 0 Å². The number of benzene rings is 2. The van der Waals surface area contributed by atoms with E-state index in [9.17, 15) is 13.2 Å². The second kappa shape index (κ2) is 8.80. The molecule has 154 valence electrons. The number of anilines is 1. The fraction of sp³-hybridized carbons (Fsp3) is 0.318. The Morgan fingerprint density at radius 3 is 2.28 bits per heavy atom. The first kappa shape index (κ1) is 21.1. The molecule has 1 amide bonds. The molecule has 2 aromatic rings. The number of nitrogens with zero attached hydrogens (tertiary/aromatic N) is 1. The largest absolute Gasteiger partial charge is 0.497 e.